The molecule has 0 saturated heterocycles. The Morgan fingerprint density at radius 3 is 2.56 bits per heavy atom. The van der Waals surface area contributed by atoms with Crippen molar-refractivity contribution in [2.24, 2.45) is 5.73 Å². The molecule has 0 saturated carbocycles. The fourth-order valence-electron chi connectivity index (χ4n) is 1.51. The predicted octanol–water partition coefficient (Wildman–Crippen LogP) is 2.48. The molecule has 0 spiro atoms. The summed E-state index contributed by atoms with van der Waals surface area (Å²) in [5.41, 5.74) is 6.22. The number of ketones is 1. The van der Waals surface area contributed by atoms with Crippen molar-refractivity contribution in [1.29, 1.82) is 0 Å². The lowest BCUT2D eigenvalue weighted by Crippen LogP contribution is -2.00. The van der Waals surface area contributed by atoms with Gasteiger partial charge in [0, 0.05) is 10.4 Å². The first kappa shape index (κ1) is 11.0. The van der Waals surface area contributed by atoms with Crippen LogP contribution in [0.1, 0.15) is 20.1 Å². The molecule has 82 valence electrons. The van der Waals surface area contributed by atoms with Gasteiger partial charge in [-0.3, -0.25) is 4.79 Å². The molecule has 2 nitrogen and oxygen atoms in total. The minimum absolute atomic E-state index is 0.0915. The van der Waals surface area contributed by atoms with Crippen molar-refractivity contribution in [3.63, 3.8) is 0 Å². The first-order chi connectivity index (χ1) is 7.81. The summed E-state index contributed by atoms with van der Waals surface area (Å²) in [5, 5.41) is 0. The van der Waals surface area contributed by atoms with Crippen molar-refractivity contribution in [3.8, 4) is 0 Å². The Kier molecular flexibility index (Phi) is 3.49. The molecule has 0 atom stereocenters. The Morgan fingerprint density at radius 1 is 1.12 bits per heavy atom. The van der Waals surface area contributed by atoms with Crippen molar-refractivity contribution < 1.29 is 4.79 Å². The SMILES string of the molecule is NCCc1ccc(C(=O)c2ccccc2)s1. The van der Waals surface area contributed by atoms with Crippen molar-refractivity contribution in [1.82, 2.24) is 0 Å². The number of carbonyl (C=O) groups excluding carboxylic acids is 1. The topological polar surface area (TPSA) is 43.1 Å². The summed E-state index contributed by atoms with van der Waals surface area (Å²) < 4.78 is 0. The molecular weight excluding hydrogens is 218 g/mol. The lowest BCUT2D eigenvalue weighted by molar-refractivity contribution is 0.104. The smallest absolute Gasteiger partial charge is 0.202 e. The molecule has 0 radical (unpaired) electrons. The van der Waals surface area contributed by atoms with E-state index in [1.165, 1.54) is 16.2 Å². The van der Waals surface area contributed by atoms with Gasteiger partial charge in [-0.25, -0.2) is 0 Å². The van der Waals surface area contributed by atoms with Gasteiger partial charge >= 0.3 is 0 Å². The van der Waals surface area contributed by atoms with Gasteiger partial charge < -0.3 is 5.73 Å². The van der Waals surface area contributed by atoms with E-state index in [9.17, 15) is 4.79 Å². The summed E-state index contributed by atoms with van der Waals surface area (Å²) >= 11 is 1.53. The highest BCUT2D eigenvalue weighted by molar-refractivity contribution is 7.14. The van der Waals surface area contributed by atoms with E-state index in [2.05, 4.69) is 0 Å². The molecule has 0 bridgehead atoms. The molecule has 3 heteroatoms. The van der Waals surface area contributed by atoms with Crippen LogP contribution < -0.4 is 5.73 Å². The van der Waals surface area contributed by atoms with Crippen LogP contribution >= 0.6 is 11.3 Å². The quantitative estimate of drug-likeness (QED) is 0.821. The first-order valence-corrected chi connectivity index (χ1v) is 6.01. The van der Waals surface area contributed by atoms with E-state index in [4.69, 9.17) is 5.73 Å². The van der Waals surface area contributed by atoms with E-state index in [0.717, 1.165) is 16.9 Å². The number of hydrogen-bond acceptors (Lipinski definition) is 3. The maximum absolute atomic E-state index is 12.0. The fraction of sp³-hybridized carbons (Fsp3) is 0.154. The van der Waals surface area contributed by atoms with E-state index in [0.29, 0.717) is 6.54 Å². The van der Waals surface area contributed by atoms with E-state index < -0.39 is 0 Å². The van der Waals surface area contributed by atoms with Crippen LogP contribution in [0.5, 0.6) is 0 Å². The highest BCUT2D eigenvalue weighted by Gasteiger charge is 2.10. The van der Waals surface area contributed by atoms with Gasteiger partial charge in [0.2, 0.25) is 5.78 Å². The van der Waals surface area contributed by atoms with Crippen LogP contribution in [-0.4, -0.2) is 12.3 Å². The minimum Gasteiger partial charge on any atom is -0.330 e. The highest BCUT2D eigenvalue weighted by atomic mass is 32.1. The van der Waals surface area contributed by atoms with E-state index >= 15 is 0 Å². The zero-order chi connectivity index (χ0) is 11.4. The van der Waals surface area contributed by atoms with Crippen LogP contribution in [-0.2, 0) is 6.42 Å². The molecule has 16 heavy (non-hydrogen) atoms. The Labute approximate surface area is 98.7 Å². The molecule has 0 amide bonds. The largest absolute Gasteiger partial charge is 0.330 e. The van der Waals surface area contributed by atoms with Gasteiger partial charge in [-0.1, -0.05) is 30.3 Å². The minimum atomic E-state index is 0.0915. The van der Waals surface area contributed by atoms with Gasteiger partial charge in [-0.05, 0) is 25.1 Å². The van der Waals surface area contributed by atoms with Crippen molar-refractivity contribution in [2.45, 2.75) is 6.42 Å². The molecule has 0 unspecified atom stereocenters. The first-order valence-electron chi connectivity index (χ1n) is 5.20. The van der Waals surface area contributed by atoms with Gasteiger partial charge in [0.15, 0.2) is 0 Å². The van der Waals surface area contributed by atoms with Gasteiger partial charge in [-0.15, -0.1) is 11.3 Å². The molecule has 1 aromatic carbocycles. The second-order valence-electron chi connectivity index (χ2n) is 3.50. The summed E-state index contributed by atoms with van der Waals surface area (Å²) in [6, 6.07) is 13.2. The van der Waals surface area contributed by atoms with Crippen molar-refractivity contribution in [3.05, 3.63) is 57.8 Å². The molecular formula is C13H13NOS. The summed E-state index contributed by atoms with van der Waals surface area (Å²) in [6.45, 7) is 0.624. The number of thiophene rings is 1. The summed E-state index contributed by atoms with van der Waals surface area (Å²) in [7, 11) is 0. The van der Waals surface area contributed by atoms with E-state index in [1.54, 1.807) is 0 Å². The summed E-state index contributed by atoms with van der Waals surface area (Å²) in [4.78, 5) is 14.0. The standard InChI is InChI=1S/C13H13NOS/c14-9-8-11-6-7-12(16-11)13(15)10-4-2-1-3-5-10/h1-7H,8-9,14H2. The number of nitrogens with two attached hydrogens (primary N) is 1. The molecule has 2 rings (SSSR count). The number of hydrogen-bond donors (Lipinski definition) is 1. The summed E-state index contributed by atoms with van der Waals surface area (Å²) in [6.07, 6.45) is 0.840. The molecule has 2 N–H and O–H groups in total. The molecule has 0 aliphatic heterocycles. The van der Waals surface area contributed by atoms with Crippen LogP contribution in [0.4, 0.5) is 0 Å². The molecule has 0 aliphatic carbocycles. The molecule has 1 heterocycles. The van der Waals surface area contributed by atoms with Crippen LogP contribution in [0.2, 0.25) is 0 Å². The number of carbonyl (C=O) groups is 1. The predicted molar refractivity (Wildman–Crippen MR) is 67.0 cm³/mol. The van der Waals surface area contributed by atoms with Gasteiger partial charge in [-0.2, -0.15) is 0 Å². The van der Waals surface area contributed by atoms with Crippen LogP contribution in [0.3, 0.4) is 0 Å². The fourth-order valence-corrected chi connectivity index (χ4v) is 2.49. The average Bonchev–Trinajstić information content (AvgIpc) is 2.78. The Hall–Kier alpha value is -1.45. The maximum Gasteiger partial charge on any atom is 0.202 e. The highest BCUT2D eigenvalue weighted by Crippen LogP contribution is 2.20. The van der Waals surface area contributed by atoms with E-state index in [-0.39, 0.29) is 5.78 Å². The Bertz CT molecular complexity index is 476. The average molecular weight is 231 g/mol. The second-order valence-corrected chi connectivity index (χ2v) is 4.67. The van der Waals surface area contributed by atoms with Gasteiger partial charge in [0.1, 0.15) is 0 Å². The second kappa shape index (κ2) is 5.05. The number of rotatable bonds is 4. The third kappa shape index (κ3) is 2.38. The Morgan fingerprint density at radius 2 is 1.88 bits per heavy atom. The zero-order valence-electron chi connectivity index (χ0n) is 8.85. The van der Waals surface area contributed by atoms with Crippen LogP contribution in [0, 0.1) is 0 Å². The molecule has 0 fully saturated rings. The lowest BCUT2D eigenvalue weighted by Gasteiger charge is -1.96. The molecule has 2 aromatic rings. The van der Waals surface area contributed by atoms with E-state index in [1.807, 2.05) is 42.5 Å². The maximum atomic E-state index is 12.0. The van der Waals surface area contributed by atoms with Crippen molar-refractivity contribution in [2.75, 3.05) is 6.54 Å². The monoisotopic (exact) mass is 231 g/mol. The Balaban J connectivity index is 2.21. The normalized spacial score (nSPS) is 10.3. The summed E-state index contributed by atoms with van der Waals surface area (Å²) in [5.74, 6) is 0.0915. The third-order valence-corrected chi connectivity index (χ3v) is 3.46. The molecule has 0 aliphatic rings. The van der Waals surface area contributed by atoms with Crippen LogP contribution in [0.15, 0.2) is 42.5 Å². The van der Waals surface area contributed by atoms with Gasteiger partial charge in [0.05, 0.1) is 4.88 Å². The number of benzene rings is 1. The van der Waals surface area contributed by atoms with Crippen LogP contribution in [0.25, 0.3) is 0 Å². The van der Waals surface area contributed by atoms with Crippen molar-refractivity contribution >= 4 is 17.1 Å². The molecule has 1 aromatic heterocycles. The van der Waals surface area contributed by atoms with Gasteiger partial charge in [0.25, 0.3) is 0 Å². The third-order valence-electron chi connectivity index (χ3n) is 2.31. The zero-order valence-corrected chi connectivity index (χ0v) is 9.67. The lowest BCUT2D eigenvalue weighted by atomic mass is 10.1.